The molecule has 1 saturated carbocycles. The molecule has 0 aliphatic heterocycles. The molecular formula is C31H31FN4O3. The highest BCUT2D eigenvalue weighted by Crippen LogP contribution is 2.41. The Hall–Kier alpha value is -4.46. The van der Waals surface area contributed by atoms with Gasteiger partial charge in [-0.25, -0.2) is 4.39 Å². The predicted octanol–water partition coefficient (Wildman–Crippen LogP) is 6.47. The molecule has 0 unspecified atom stereocenters. The topological polar surface area (TPSA) is 76.5 Å². The largest absolute Gasteiger partial charge is 0.407 e. The monoisotopic (exact) mass is 526 g/mol. The molecule has 3 aromatic carbocycles. The third-order valence-electron chi connectivity index (χ3n) is 6.98. The molecule has 0 spiro atoms. The molecular weight excluding hydrogens is 495 g/mol. The fourth-order valence-electron chi connectivity index (χ4n) is 4.92. The van der Waals surface area contributed by atoms with E-state index in [1.807, 2.05) is 67.5 Å². The van der Waals surface area contributed by atoms with Crippen LogP contribution in [0.1, 0.15) is 32.6 Å². The standard InChI is InChI=1S/C31H31FN4O3/c1-20(37)39-31-28(21-8-14-25(15-9-21)33-30(38)23-6-4-5-7-23)29(22-10-16-26(17-11-22)35(2)3)34-36(31)27-18-12-24(32)13-19-27/h8-19,23H,4-7H2,1-3H3,(H,33,38). The van der Waals surface area contributed by atoms with Crippen LogP contribution in [0.15, 0.2) is 72.8 Å². The SMILES string of the molecule is CC(=O)Oc1c(-c2ccc(NC(=O)C3CCCC3)cc2)c(-c2ccc(N(C)C)cc2)nn1-c1ccc(F)cc1. The van der Waals surface area contributed by atoms with Gasteiger partial charge in [0.05, 0.1) is 11.3 Å². The summed E-state index contributed by atoms with van der Waals surface area (Å²) in [5, 5.41) is 7.86. The smallest absolute Gasteiger partial charge is 0.309 e. The number of hydrogen-bond acceptors (Lipinski definition) is 5. The van der Waals surface area contributed by atoms with Crippen LogP contribution < -0.4 is 15.0 Å². The van der Waals surface area contributed by atoms with E-state index in [0.29, 0.717) is 22.6 Å². The molecule has 200 valence electrons. The fraction of sp³-hybridized carbons (Fsp3) is 0.258. The summed E-state index contributed by atoms with van der Waals surface area (Å²) in [6.07, 6.45) is 4.03. The molecule has 1 aliphatic carbocycles. The Morgan fingerprint density at radius 1 is 0.923 bits per heavy atom. The molecule has 1 fully saturated rings. The number of ether oxygens (including phenoxy) is 1. The average molecular weight is 527 g/mol. The van der Waals surface area contributed by atoms with Crippen molar-refractivity contribution in [1.82, 2.24) is 9.78 Å². The van der Waals surface area contributed by atoms with Crippen LogP contribution in [0.3, 0.4) is 0 Å². The normalized spacial score (nSPS) is 13.3. The van der Waals surface area contributed by atoms with E-state index < -0.39 is 5.97 Å². The van der Waals surface area contributed by atoms with E-state index in [1.165, 1.54) is 23.7 Å². The predicted molar refractivity (Wildman–Crippen MR) is 151 cm³/mol. The second-order valence-corrected chi connectivity index (χ2v) is 10.00. The first kappa shape index (κ1) is 26.2. The van der Waals surface area contributed by atoms with Gasteiger partial charge in [0, 0.05) is 43.9 Å². The summed E-state index contributed by atoms with van der Waals surface area (Å²) in [5.41, 5.74) is 5.07. The van der Waals surface area contributed by atoms with Gasteiger partial charge in [0.15, 0.2) is 0 Å². The quantitative estimate of drug-likeness (QED) is 0.280. The number of benzene rings is 3. The maximum atomic E-state index is 13.7. The Morgan fingerprint density at radius 2 is 1.54 bits per heavy atom. The highest BCUT2D eigenvalue weighted by atomic mass is 19.1. The molecule has 1 amide bonds. The van der Waals surface area contributed by atoms with Crippen molar-refractivity contribution in [3.05, 3.63) is 78.6 Å². The van der Waals surface area contributed by atoms with Crippen LogP contribution in [0.2, 0.25) is 0 Å². The van der Waals surface area contributed by atoms with Gasteiger partial charge >= 0.3 is 5.97 Å². The summed E-state index contributed by atoms with van der Waals surface area (Å²) in [5.74, 6) is -0.550. The van der Waals surface area contributed by atoms with Crippen LogP contribution in [0, 0.1) is 11.7 Å². The van der Waals surface area contributed by atoms with Gasteiger partial charge in [-0.1, -0.05) is 37.1 Å². The van der Waals surface area contributed by atoms with Crippen LogP contribution in [-0.2, 0) is 9.59 Å². The fourth-order valence-corrected chi connectivity index (χ4v) is 4.92. The van der Waals surface area contributed by atoms with E-state index >= 15 is 0 Å². The number of halogens is 1. The van der Waals surface area contributed by atoms with Crippen LogP contribution in [-0.4, -0.2) is 35.8 Å². The molecule has 8 heteroatoms. The first-order valence-corrected chi connectivity index (χ1v) is 13.1. The van der Waals surface area contributed by atoms with Crippen molar-refractivity contribution in [3.8, 4) is 34.0 Å². The van der Waals surface area contributed by atoms with Gasteiger partial charge < -0.3 is 15.0 Å². The van der Waals surface area contributed by atoms with Crippen LogP contribution >= 0.6 is 0 Å². The summed E-state index contributed by atoms with van der Waals surface area (Å²) < 4.78 is 21.0. The van der Waals surface area contributed by atoms with E-state index in [1.54, 1.807) is 12.1 Å². The number of carbonyl (C=O) groups is 2. The molecule has 1 aromatic heterocycles. The summed E-state index contributed by atoms with van der Waals surface area (Å²) in [6, 6.07) is 21.2. The average Bonchev–Trinajstić information content (AvgIpc) is 3.59. The molecule has 1 aliphatic rings. The molecule has 1 heterocycles. The van der Waals surface area contributed by atoms with Gasteiger partial charge in [0.25, 0.3) is 0 Å². The van der Waals surface area contributed by atoms with Gasteiger partial charge in [0.2, 0.25) is 11.8 Å². The first-order chi connectivity index (χ1) is 18.8. The number of anilines is 2. The summed E-state index contributed by atoms with van der Waals surface area (Å²) in [6.45, 7) is 1.33. The maximum Gasteiger partial charge on any atom is 0.309 e. The van der Waals surface area contributed by atoms with Gasteiger partial charge in [-0.3, -0.25) is 9.59 Å². The van der Waals surface area contributed by atoms with Crippen molar-refractivity contribution in [2.75, 3.05) is 24.3 Å². The van der Waals surface area contributed by atoms with E-state index in [0.717, 1.165) is 42.5 Å². The van der Waals surface area contributed by atoms with E-state index in [4.69, 9.17) is 9.84 Å². The lowest BCUT2D eigenvalue weighted by Crippen LogP contribution is -2.20. The highest BCUT2D eigenvalue weighted by Gasteiger charge is 2.26. The Kier molecular flexibility index (Phi) is 7.45. The second-order valence-electron chi connectivity index (χ2n) is 10.00. The van der Waals surface area contributed by atoms with Crippen molar-refractivity contribution < 1.29 is 18.7 Å². The number of rotatable bonds is 7. The zero-order chi connectivity index (χ0) is 27.5. The lowest BCUT2D eigenvalue weighted by Gasteiger charge is -2.13. The maximum absolute atomic E-state index is 13.7. The number of aromatic nitrogens is 2. The van der Waals surface area contributed by atoms with E-state index in [-0.39, 0.29) is 23.5 Å². The Balaban J connectivity index is 1.61. The number of hydrogen-bond donors (Lipinski definition) is 1. The lowest BCUT2D eigenvalue weighted by atomic mass is 10.0. The van der Waals surface area contributed by atoms with E-state index in [2.05, 4.69) is 5.32 Å². The van der Waals surface area contributed by atoms with Crippen LogP contribution in [0.25, 0.3) is 28.1 Å². The number of esters is 1. The van der Waals surface area contributed by atoms with Gasteiger partial charge in [-0.05, 0) is 66.9 Å². The molecule has 39 heavy (non-hydrogen) atoms. The third-order valence-corrected chi connectivity index (χ3v) is 6.98. The van der Waals surface area contributed by atoms with Gasteiger partial charge in [-0.2, -0.15) is 9.78 Å². The Bertz CT molecular complexity index is 1470. The van der Waals surface area contributed by atoms with Crippen LogP contribution in [0.4, 0.5) is 15.8 Å². The molecule has 4 aromatic rings. The number of carbonyl (C=O) groups excluding carboxylic acids is 2. The Morgan fingerprint density at radius 3 is 2.13 bits per heavy atom. The second kappa shape index (κ2) is 11.1. The van der Waals surface area contributed by atoms with Gasteiger partial charge in [-0.15, -0.1) is 0 Å². The minimum atomic E-state index is -0.505. The molecule has 7 nitrogen and oxygen atoms in total. The van der Waals surface area contributed by atoms with Crippen LogP contribution in [0.5, 0.6) is 5.88 Å². The summed E-state index contributed by atoms with van der Waals surface area (Å²) in [4.78, 5) is 26.9. The third kappa shape index (κ3) is 5.70. The van der Waals surface area contributed by atoms with E-state index in [9.17, 15) is 14.0 Å². The molecule has 0 atom stereocenters. The molecule has 0 bridgehead atoms. The van der Waals surface area contributed by atoms with Crippen molar-refractivity contribution >= 4 is 23.3 Å². The van der Waals surface area contributed by atoms with Crippen molar-refractivity contribution in [3.63, 3.8) is 0 Å². The van der Waals surface area contributed by atoms with Crippen molar-refractivity contribution in [2.45, 2.75) is 32.6 Å². The Labute approximate surface area is 227 Å². The van der Waals surface area contributed by atoms with Gasteiger partial charge in [0.1, 0.15) is 11.5 Å². The zero-order valence-corrected chi connectivity index (χ0v) is 22.3. The molecule has 0 radical (unpaired) electrons. The first-order valence-electron chi connectivity index (χ1n) is 13.1. The molecule has 0 saturated heterocycles. The zero-order valence-electron chi connectivity index (χ0n) is 22.3. The lowest BCUT2D eigenvalue weighted by molar-refractivity contribution is -0.132. The molecule has 5 rings (SSSR count). The summed E-state index contributed by atoms with van der Waals surface area (Å²) >= 11 is 0. The summed E-state index contributed by atoms with van der Waals surface area (Å²) in [7, 11) is 3.94. The van der Waals surface area contributed by atoms with Crippen molar-refractivity contribution in [1.29, 1.82) is 0 Å². The molecule has 1 N–H and O–H groups in total. The van der Waals surface area contributed by atoms with Crippen molar-refractivity contribution in [2.24, 2.45) is 5.92 Å². The number of nitrogens with one attached hydrogen (secondary N) is 1. The number of nitrogens with zero attached hydrogens (tertiary/aromatic N) is 3. The number of amides is 1. The minimum Gasteiger partial charge on any atom is -0.407 e. The minimum absolute atomic E-state index is 0.0478. The highest BCUT2D eigenvalue weighted by molar-refractivity contribution is 5.93.